The summed E-state index contributed by atoms with van der Waals surface area (Å²) in [7, 11) is 1.71. The molecule has 2 heterocycles. The fraction of sp³-hybridized carbons (Fsp3) is 0.278. The van der Waals surface area contributed by atoms with Crippen LogP contribution in [0.4, 0.5) is 0 Å². The molecule has 0 saturated heterocycles. The van der Waals surface area contributed by atoms with E-state index < -0.39 is 0 Å². The van der Waals surface area contributed by atoms with E-state index in [4.69, 9.17) is 4.74 Å². The average molecular weight is 327 g/mol. The maximum Gasteiger partial charge on any atom is 0.123 e. The van der Waals surface area contributed by atoms with Crippen LogP contribution in [0.2, 0.25) is 0 Å². The van der Waals surface area contributed by atoms with Gasteiger partial charge in [-0.25, -0.2) is 0 Å². The summed E-state index contributed by atoms with van der Waals surface area (Å²) in [5.74, 6) is 0.898. The minimum absolute atomic E-state index is 0.277. The highest BCUT2D eigenvalue weighted by molar-refractivity contribution is 7.09. The Morgan fingerprint density at radius 1 is 1.30 bits per heavy atom. The first-order valence-electron chi connectivity index (χ1n) is 7.66. The van der Waals surface area contributed by atoms with E-state index >= 15 is 0 Å². The fourth-order valence-corrected chi connectivity index (χ4v) is 3.20. The molecule has 0 amide bonds. The smallest absolute Gasteiger partial charge is 0.123 e. The largest absolute Gasteiger partial charge is 0.496 e. The van der Waals surface area contributed by atoms with E-state index in [0.29, 0.717) is 6.54 Å². The lowest BCUT2D eigenvalue weighted by Crippen LogP contribution is -2.18. The highest BCUT2D eigenvalue weighted by Gasteiger charge is 2.10. The molecular weight excluding hydrogens is 306 g/mol. The van der Waals surface area contributed by atoms with Crippen molar-refractivity contribution in [2.45, 2.75) is 26.1 Å². The molecule has 0 saturated carbocycles. The maximum atomic E-state index is 5.49. The van der Waals surface area contributed by atoms with Gasteiger partial charge in [-0.05, 0) is 42.1 Å². The van der Waals surface area contributed by atoms with Gasteiger partial charge >= 0.3 is 0 Å². The van der Waals surface area contributed by atoms with Crippen molar-refractivity contribution < 1.29 is 4.74 Å². The van der Waals surface area contributed by atoms with Crippen LogP contribution in [0.15, 0.2) is 54.2 Å². The summed E-state index contributed by atoms with van der Waals surface area (Å²) in [4.78, 5) is 1.35. The standard InChI is InChI=1S/C18H21N3OS/c1-14(19-12-17-5-3-10-23-17)15-6-7-18(22-2)16(11-15)13-21-9-4-8-20-21/h3-11,14,19H,12-13H2,1-2H3/t14-/m1/s1. The third kappa shape index (κ3) is 4.00. The monoisotopic (exact) mass is 327 g/mol. The van der Waals surface area contributed by atoms with Gasteiger partial charge in [-0.3, -0.25) is 4.68 Å². The highest BCUT2D eigenvalue weighted by atomic mass is 32.1. The van der Waals surface area contributed by atoms with Crippen LogP contribution in [0.5, 0.6) is 5.75 Å². The number of hydrogen-bond donors (Lipinski definition) is 1. The van der Waals surface area contributed by atoms with Crippen molar-refractivity contribution in [1.29, 1.82) is 0 Å². The minimum Gasteiger partial charge on any atom is -0.496 e. The van der Waals surface area contributed by atoms with Crippen molar-refractivity contribution >= 4 is 11.3 Å². The Hall–Kier alpha value is -2.11. The Morgan fingerprint density at radius 3 is 2.91 bits per heavy atom. The molecule has 2 aromatic heterocycles. The SMILES string of the molecule is COc1ccc([C@@H](C)NCc2cccs2)cc1Cn1cccn1. The van der Waals surface area contributed by atoms with Gasteiger partial charge in [0.25, 0.3) is 0 Å². The lowest BCUT2D eigenvalue weighted by Gasteiger charge is -2.17. The number of ether oxygens (including phenoxy) is 1. The van der Waals surface area contributed by atoms with Crippen LogP contribution in [0.1, 0.15) is 29.0 Å². The predicted octanol–water partition coefficient (Wildman–Crippen LogP) is 3.85. The number of methoxy groups -OCH3 is 1. The number of rotatable bonds is 7. The van der Waals surface area contributed by atoms with Crippen LogP contribution in [-0.4, -0.2) is 16.9 Å². The zero-order chi connectivity index (χ0) is 16.1. The Balaban J connectivity index is 1.73. The fourth-order valence-electron chi connectivity index (χ4n) is 2.54. The lowest BCUT2D eigenvalue weighted by molar-refractivity contribution is 0.406. The normalized spacial score (nSPS) is 12.3. The molecule has 0 spiro atoms. The molecule has 3 rings (SSSR count). The summed E-state index contributed by atoms with van der Waals surface area (Å²) >= 11 is 1.78. The topological polar surface area (TPSA) is 39.1 Å². The van der Waals surface area contributed by atoms with E-state index in [1.807, 2.05) is 23.0 Å². The number of nitrogens with zero attached hydrogens (tertiary/aromatic N) is 2. The second-order valence-electron chi connectivity index (χ2n) is 5.46. The van der Waals surface area contributed by atoms with E-state index in [1.54, 1.807) is 24.6 Å². The van der Waals surface area contributed by atoms with Gasteiger partial charge in [0.15, 0.2) is 0 Å². The number of benzene rings is 1. The second kappa shape index (κ2) is 7.44. The van der Waals surface area contributed by atoms with Crippen LogP contribution in [-0.2, 0) is 13.1 Å². The van der Waals surface area contributed by atoms with Crippen LogP contribution in [0, 0.1) is 0 Å². The Kier molecular flexibility index (Phi) is 5.10. The number of thiophene rings is 1. The zero-order valence-corrected chi connectivity index (χ0v) is 14.2. The van der Waals surface area contributed by atoms with Gasteiger partial charge in [-0.1, -0.05) is 12.1 Å². The molecule has 3 aromatic rings. The maximum absolute atomic E-state index is 5.49. The van der Waals surface area contributed by atoms with Gasteiger partial charge in [-0.15, -0.1) is 11.3 Å². The van der Waals surface area contributed by atoms with E-state index in [-0.39, 0.29) is 6.04 Å². The molecular formula is C18H21N3OS. The van der Waals surface area contributed by atoms with Crippen LogP contribution < -0.4 is 10.1 Å². The summed E-state index contributed by atoms with van der Waals surface area (Å²) < 4.78 is 7.40. The number of aromatic nitrogens is 2. The zero-order valence-electron chi connectivity index (χ0n) is 13.4. The van der Waals surface area contributed by atoms with Crippen molar-refractivity contribution in [2.75, 3.05) is 7.11 Å². The summed E-state index contributed by atoms with van der Waals surface area (Å²) in [5, 5.41) is 9.96. The Labute approximate surface area is 140 Å². The molecule has 5 heteroatoms. The molecule has 120 valence electrons. The quantitative estimate of drug-likeness (QED) is 0.716. The summed E-state index contributed by atoms with van der Waals surface area (Å²) in [6.45, 7) is 3.79. The summed E-state index contributed by atoms with van der Waals surface area (Å²) in [5.41, 5.74) is 2.39. The van der Waals surface area contributed by atoms with E-state index in [9.17, 15) is 0 Å². The number of hydrogen-bond acceptors (Lipinski definition) is 4. The third-order valence-corrected chi connectivity index (χ3v) is 4.73. The van der Waals surface area contributed by atoms with Crippen molar-refractivity contribution in [2.24, 2.45) is 0 Å². The molecule has 23 heavy (non-hydrogen) atoms. The molecule has 4 nitrogen and oxygen atoms in total. The molecule has 1 atom stereocenters. The molecule has 0 aliphatic rings. The highest BCUT2D eigenvalue weighted by Crippen LogP contribution is 2.24. The molecule has 0 radical (unpaired) electrons. The van der Waals surface area contributed by atoms with Gasteiger partial charge in [0, 0.05) is 35.4 Å². The van der Waals surface area contributed by atoms with Crippen molar-refractivity contribution in [3.8, 4) is 5.75 Å². The van der Waals surface area contributed by atoms with Crippen molar-refractivity contribution in [3.05, 3.63) is 70.2 Å². The molecule has 1 aromatic carbocycles. The van der Waals surface area contributed by atoms with Gasteiger partial charge in [0.05, 0.1) is 13.7 Å². The molecule has 1 N–H and O–H groups in total. The first-order chi connectivity index (χ1) is 11.3. The summed E-state index contributed by atoms with van der Waals surface area (Å²) in [6.07, 6.45) is 3.76. The first kappa shape index (κ1) is 15.8. The van der Waals surface area contributed by atoms with E-state index in [2.05, 4.69) is 47.0 Å². The lowest BCUT2D eigenvalue weighted by atomic mass is 10.0. The van der Waals surface area contributed by atoms with Crippen LogP contribution in [0.3, 0.4) is 0 Å². The van der Waals surface area contributed by atoms with E-state index in [0.717, 1.165) is 17.9 Å². The van der Waals surface area contributed by atoms with Gasteiger partial charge < -0.3 is 10.1 Å². The average Bonchev–Trinajstić information content (AvgIpc) is 3.26. The van der Waals surface area contributed by atoms with Crippen molar-refractivity contribution in [1.82, 2.24) is 15.1 Å². The molecule has 0 unspecified atom stereocenters. The van der Waals surface area contributed by atoms with Gasteiger partial charge in [-0.2, -0.15) is 5.10 Å². The molecule has 0 fully saturated rings. The van der Waals surface area contributed by atoms with Crippen molar-refractivity contribution in [3.63, 3.8) is 0 Å². The predicted molar refractivity (Wildman–Crippen MR) is 93.9 cm³/mol. The van der Waals surface area contributed by atoms with Gasteiger partial charge in [0.2, 0.25) is 0 Å². The molecule has 0 aliphatic heterocycles. The second-order valence-corrected chi connectivity index (χ2v) is 6.49. The minimum atomic E-state index is 0.277. The van der Waals surface area contributed by atoms with Crippen LogP contribution in [0.25, 0.3) is 0 Å². The Bertz CT molecular complexity index is 723. The van der Waals surface area contributed by atoms with E-state index in [1.165, 1.54) is 10.4 Å². The molecule has 0 aliphatic carbocycles. The summed E-state index contributed by atoms with van der Waals surface area (Å²) in [6, 6.07) is 12.8. The van der Waals surface area contributed by atoms with Crippen LogP contribution >= 0.6 is 11.3 Å². The molecule has 0 bridgehead atoms. The van der Waals surface area contributed by atoms with Gasteiger partial charge in [0.1, 0.15) is 5.75 Å². The Morgan fingerprint density at radius 2 is 2.22 bits per heavy atom. The first-order valence-corrected chi connectivity index (χ1v) is 8.54. The number of nitrogens with one attached hydrogen (secondary N) is 1. The third-order valence-electron chi connectivity index (χ3n) is 3.86.